The van der Waals surface area contributed by atoms with Gasteiger partial charge < -0.3 is 5.32 Å². The summed E-state index contributed by atoms with van der Waals surface area (Å²) in [6.07, 6.45) is -1.78. The van der Waals surface area contributed by atoms with Crippen LogP contribution < -0.4 is 5.32 Å². The van der Waals surface area contributed by atoms with Crippen LogP contribution in [0.2, 0.25) is 0 Å². The van der Waals surface area contributed by atoms with Crippen LogP contribution in [0.4, 0.5) is 13.2 Å². The van der Waals surface area contributed by atoms with Gasteiger partial charge in [-0.3, -0.25) is 4.79 Å². The highest BCUT2D eigenvalue weighted by Gasteiger charge is 2.38. The maximum absolute atomic E-state index is 11.8. The maximum Gasteiger partial charge on any atom is 0.471 e. The summed E-state index contributed by atoms with van der Waals surface area (Å²) in [6.45, 7) is 3.22. The number of aliphatic imine (C=N–C) groups is 2. The molecule has 1 N–H and O–H groups in total. The molecule has 18 heavy (non-hydrogen) atoms. The lowest BCUT2D eigenvalue weighted by atomic mass is 10.2. The summed E-state index contributed by atoms with van der Waals surface area (Å²) in [4.78, 5) is 18.1. The van der Waals surface area contributed by atoms with Crippen LogP contribution in [0.1, 0.15) is 32.6 Å². The van der Waals surface area contributed by atoms with Crippen LogP contribution in [0.3, 0.4) is 0 Å². The second kappa shape index (κ2) is 9.65. The van der Waals surface area contributed by atoms with E-state index >= 15 is 0 Å². The lowest BCUT2D eigenvalue weighted by Crippen LogP contribution is -2.37. The Labute approximate surface area is 104 Å². The third-order valence-electron chi connectivity index (χ3n) is 2.04. The van der Waals surface area contributed by atoms with E-state index in [4.69, 9.17) is 0 Å². The number of hydrogen-bond donors (Lipinski definition) is 1. The van der Waals surface area contributed by atoms with Gasteiger partial charge in [0.2, 0.25) is 0 Å². The van der Waals surface area contributed by atoms with Gasteiger partial charge in [-0.05, 0) is 19.8 Å². The molecule has 0 aliphatic rings. The van der Waals surface area contributed by atoms with Crippen molar-refractivity contribution in [2.75, 3.05) is 19.6 Å². The van der Waals surface area contributed by atoms with Gasteiger partial charge >= 0.3 is 12.1 Å². The second-order valence-corrected chi connectivity index (χ2v) is 3.62. The highest BCUT2D eigenvalue weighted by molar-refractivity contribution is 5.81. The largest absolute Gasteiger partial charge is 0.471 e. The van der Waals surface area contributed by atoms with Gasteiger partial charge in [0, 0.05) is 19.6 Å². The number of nitrogens with one attached hydrogen (secondary N) is 1. The molecule has 7 heteroatoms. The zero-order valence-electron chi connectivity index (χ0n) is 10.4. The average Bonchev–Trinajstić information content (AvgIpc) is 2.30. The van der Waals surface area contributed by atoms with E-state index in [1.54, 1.807) is 0 Å². The molecular formula is C11H18F3N3O. The van der Waals surface area contributed by atoms with Crippen molar-refractivity contribution in [3.8, 4) is 0 Å². The van der Waals surface area contributed by atoms with Gasteiger partial charge in [-0.1, -0.05) is 12.8 Å². The third kappa shape index (κ3) is 9.84. The van der Waals surface area contributed by atoms with Gasteiger partial charge in [0.25, 0.3) is 0 Å². The Balaban J connectivity index is 3.37. The first-order valence-electron chi connectivity index (χ1n) is 5.91. The Morgan fingerprint density at radius 3 is 2.44 bits per heavy atom. The number of carbonyl (C=O) groups excluding carboxylic acids is 1. The molecular weight excluding hydrogens is 247 g/mol. The molecule has 0 fully saturated rings. The molecule has 0 radical (unpaired) electrons. The van der Waals surface area contributed by atoms with Crippen molar-refractivity contribution in [1.82, 2.24) is 5.32 Å². The van der Waals surface area contributed by atoms with Crippen LogP contribution in [0.15, 0.2) is 9.98 Å². The van der Waals surface area contributed by atoms with Gasteiger partial charge in [-0.15, -0.1) is 0 Å². The maximum atomic E-state index is 11.8. The standard InChI is InChI=1S/C11H18F3N3O/c1-2-15-9-16-7-5-3-4-6-8-17-10(18)11(12,13)14/h2-8H2,1H3,(H,17,18). The summed E-state index contributed by atoms with van der Waals surface area (Å²) in [5.74, 6) is -1.87. The molecule has 0 aromatic heterocycles. The summed E-state index contributed by atoms with van der Waals surface area (Å²) < 4.78 is 35.4. The van der Waals surface area contributed by atoms with E-state index in [0.29, 0.717) is 19.5 Å². The zero-order chi connectivity index (χ0) is 13.9. The summed E-state index contributed by atoms with van der Waals surface area (Å²) in [5, 5.41) is 1.83. The third-order valence-corrected chi connectivity index (χ3v) is 2.04. The molecule has 0 aliphatic heterocycles. The molecule has 0 spiro atoms. The van der Waals surface area contributed by atoms with E-state index in [0.717, 1.165) is 19.3 Å². The lowest BCUT2D eigenvalue weighted by Gasteiger charge is -2.07. The van der Waals surface area contributed by atoms with Crippen LogP contribution in [0.25, 0.3) is 0 Å². The quantitative estimate of drug-likeness (QED) is 0.532. The molecule has 1 amide bonds. The Morgan fingerprint density at radius 2 is 1.83 bits per heavy atom. The fourth-order valence-electron chi connectivity index (χ4n) is 1.14. The van der Waals surface area contributed by atoms with Gasteiger partial charge in [-0.2, -0.15) is 13.2 Å². The first-order chi connectivity index (χ1) is 8.48. The van der Waals surface area contributed by atoms with E-state index in [1.807, 2.05) is 12.2 Å². The predicted octanol–water partition coefficient (Wildman–Crippen LogP) is 2.42. The van der Waals surface area contributed by atoms with E-state index < -0.39 is 12.1 Å². The van der Waals surface area contributed by atoms with Crippen molar-refractivity contribution in [2.45, 2.75) is 38.8 Å². The molecule has 0 saturated carbocycles. The smallest absolute Gasteiger partial charge is 0.348 e. The van der Waals surface area contributed by atoms with E-state index in [-0.39, 0.29) is 6.54 Å². The van der Waals surface area contributed by atoms with Crippen molar-refractivity contribution in [3.05, 3.63) is 0 Å². The van der Waals surface area contributed by atoms with Crippen molar-refractivity contribution in [1.29, 1.82) is 0 Å². The van der Waals surface area contributed by atoms with Crippen molar-refractivity contribution < 1.29 is 18.0 Å². The molecule has 0 bridgehead atoms. The van der Waals surface area contributed by atoms with Crippen LogP contribution in [0, 0.1) is 0 Å². The summed E-state index contributed by atoms with van der Waals surface area (Å²) in [6, 6.07) is 2.54. The number of alkyl halides is 3. The Kier molecular flexibility index (Phi) is 8.92. The Morgan fingerprint density at radius 1 is 1.17 bits per heavy atom. The molecule has 0 unspecified atom stereocenters. The summed E-state index contributed by atoms with van der Waals surface area (Å²) in [7, 11) is 0. The Hall–Kier alpha value is -1.36. The minimum absolute atomic E-state index is 0.0545. The van der Waals surface area contributed by atoms with E-state index in [2.05, 4.69) is 16.0 Å². The van der Waals surface area contributed by atoms with E-state index in [9.17, 15) is 18.0 Å². The highest BCUT2D eigenvalue weighted by Crippen LogP contribution is 2.13. The monoisotopic (exact) mass is 265 g/mol. The molecule has 0 aliphatic carbocycles. The number of carbonyl (C=O) groups is 1. The van der Waals surface area contributed by atoms with Crippen LogP contribution in [-0.4, -0.2) is 37.7 Å². The van der Waals surface area contributed by atoms with Crippen molar-refractivity contribution >= 4 is 11.9 Å². The van der Waals surface area contributed by atoms with Crippen LogP contribution >= 0.6 is 0 Å². The number of halogens is 3. The second-order valence-electron chi connectivity index (χ2n) is 3.62. The minimum Gasteiger partial charge on any atom is -0.348 e. The van der Waals surface area contributed by atoms with Gasteiger partial charge in [0.05, 0.1) is 6.01 Å². The average molecular weight is 265 g/mol. The number of nitrogens with zero attached hydrogens (tertiary/aromatic N) is 2. The Bertz CT molecular complexity index is 296. The first kappa shape index (κ1) is 16.6. The topological polar surface area (TPSA) is 53.8 Å². The van der Waals surface area contributed by atoms with Crippen LogP contribution in [-0.2, 0) is 4.79 Å². The highest BCUT2D eigenvalue weighted by atomic mass is 19.4. The molecule has 104 valence electrons. The molecule has 0 atom stereocenters. The molecule has 0 saturated heterocycles. The predicted molar refractivity (Wildman–Crippen MR) is 62.8 cm³/mol. The number of unbranched alkanes of at least 4 members (excludes halogenated alkanes) is 3. The summed E-state index contributed by atoms with van der Waals surface area (Å²) >= 11 is 0. The summed E-state index contributed by atoms with van der Waals surface area (Å²) in [5.41, 5.74) is 0. The van der Waals surface area contributed by atoms with Gasteiger partial charge in [0.15, 0.2) is 0 Å². The first-order valence-corrected chi connectivity index (χ1v) is 5.91. The molecule has 0 rings (SSSR count). The van der Waals surface area contributed by atoms with E-state index in [1.165, 1.54) is 0 Å². The van der Waals surface area contributed by atoms with Crippen molar-refractivity contribution in [2.24, 2.45) is 9.98 Å². The minimum atomic E-state index is -4.78. The molecule has 4 nitrogen and oxygen atoms in total. The fraction of sp³-hybridized carbons (Fsp3) is 0.818. The SMILES string of the molecule is CCN=C=NCCCCCCNC(=O)C(F)(F)F. The molecule has 0 aromatic carbocycles. The van der Waals surface area contributed by atoms with Gasteiger partial charge in [-0.25, -0.2) is 9.98 Å². The fourth-order valence-corrected chi connectivity index (χ4v) is 1.14. The van der Waals surface area contributed by atoms with Crippen LogP contribution in [0.5, 0.6) is 0 Å². The molecule has 0 aromatic rings. The number of rotatable bonds is 8. The number of hydrogen-bond acceptors (Lipinski definition) is 3. The van der Waals surface area contributed by atoms with Gasteiger partial charge in [0.1, 0.15) is 0 Å². The zero-order valence-corrected chi connectivity index (χ0v) is 10.4. The van der Waals surface area contributed by atoms with Crippen molar-refractivity contribution in [3.63, 3.8) is 0 Å². The lowest BCUT2D eigenvalue weighted by molar-refractivity contribution is -0.173. The normalized spacial score (nSPS) is 10.7. The number of amides is 1. The molecule has 0 heterocycles.